The quantitative estimate of drug-likeness (QED) is 0.163. The Morgan fingerprint density at radius 1 is 0.470 bits per heavy atom. The molecule has 0 saturated carbocycles. The van der Waals surface area contributed by atoms with E-state index in [1.807, 2.05) is 11.3 Å². The van der Waals surface area contributed by atoms with Crippen LogP contribution in [0.3, 0.4) is 0 Å². The Kier molecular flexibility index (Phi) is 9.07. The van der Waals surface area contributed by atoms with Gasteiger partial charge in [-0.25, -0.2) is 0 Å². The van der Waals surface area contributed by atoms with E-state index in [9.17, 15) is 0 Å². The maximum absolute atomic E-state index is 2.68. The molecule has 0 atom stereocenters. The van der Waals surface area contributed by atoms with E-state index in [2.05, 4.69) is 230 Å². The molecule has 0 saturated heterocycles. The highest BCUT2D eigenvalue weighted by Gasteiger charge is 2.47. The van der Waals surface area contributed by atoms with Crippen LogP contribution >= 0.6 is 11.3 Å². The van der Waals surface area contributed by atoms with E-state index in [0.717, 1.165) is 12.8 Å². The maximum Gasteiger partial charge on any atom is 0.252 e. The van der Waals surface area contributed by atoms with Gasteiger partial charge in [0, 0.05) is 54.2 Å². The molecule has 4 heteroatoms. The second-order valence-electron chi connectivity index (χ2n) is 21.7. The first-order valence-electron chi connectivity index (χ1n) is 23.9. The Hall–Kier alpha value is -6.36. The predicted octanol–water partition coefficient (Wildman–Crippen LogP) is 15.7. The van der Waals surface area contributed by atoms with Gasteiger partial charge in [-0.15, -0.1) is 11.3 Å². The minimum atomic E-state index is -0.00258. The van der Waals surface area contributed by atoms with Gasteiger partial charge in [-0.1, -0.05) is 158 Å². The summed E-state index contributed by atoms with van der Waals surface area (Å²) in [5, 5.41) is 2.63. The number of thiophene rings is 1. The summed E-state index contributed by atoms with van der Waals surface area (Å²) in [6, 6.07) is 60.7. The minimum absolute atomic E-state index is 0.00258. The molecular weight excluding hydrogens is 816 g/mol. The molecule has 1 aliphatic carbocycles. The molecule has 3 heterocycles. The van der Waals surface area contributed by atoms with Gasteiger partial charge in [0.1, 0.15) is 0 Å². The topological polar surface area (TPSA) is 6.48 Å². The third kappa shape index (κ3) is 6.21. The summed E-state index contributed by atoms with van der Waals surface area (Å²) >= 11 is 1.93. The van der Waals surface area contributed by atoms with Gasteiger partial charge in [0.2, 0.25) is 0 Å². The van der Waals surface area contributed by atoms with Crippen molar-refractivity contribution in [3.05, 3.63) is 186 Å². The number of anilines is 6. The van der Waals surface area contributed by atoms with Crippen molar-refractivity contribution in [1.82, 2.24) is 0 Å². The standard InChI is InChI=1S/C62H57BN2S/c1-38-19-13-14-22-43(38)41-32-55-59-56(33-41)65(52-25-17-15-23-44(52)40-20-11-10-12-21-40)53-34-46-45-24-16-18-26-57(45)66-58(46)37-50(53)63(59)49-35-47-48(62(8,9)30-29-61(47,6)7)36-54(49)64(55)51-28-27-42(31-39(51)2)60(3,4)5/h10-28,31-37H,29-30H2,1-9H3. The molecule has 2 nitrogen and oxygen atoms in total. The maximum atomic E-state index is 2.68. The van der Waals surface area contributed by atoms with E-state index < -0.39 is 0 Å². The first kappa shape index (κ1) is 41.1. The summed E-state index contributed by atoms with van der Waals surface area (Å²) < 4.78 is 2.67. The number of para-hydroxylation sites is 1. The van der Waals surface area contributed by atoms with E-state index in [0.29, 0.717) is 0 Å². The van der Waals surface area contributed by atoms with Crippen LogP contribution in [0, 0.1) is 13.8 Å². The van der Waals surface area contributed by atoms with Crippen LogP contribution in [0.25, 0.3) is 42.4 Å². The highest BCUT2D eigenvalue weighted by atomic mass is 32.1. The third-order valence-electron chi connectivity index (χ3n) is 15.5. The van der Waals surface area contributed by atoms with Crippen LogP contribution < -0.4 is 26.2 Å². The lowest BCUT2D eigenvalue weighted by molar-refractivity contribution is 0.332. The van der Waals surface area contributed by atoms with Crippen LogP contribution in [0.1, 0.15) is 89.1 Å². The number of hydrogen-bond donors (Lipinski definition) is 0. The normalized spacial score (nSPS) is 15.7. The molecule has 3 aliphatic rings. The third-order valence-corrected chi connectivity index (χ3v) is 16.7. The van der Waals surface area contributed by atoms with E-state index in [1.54, 1.807) is 0 Å². The van der Waals surface area contributed by atoms with Crippen molar-refractivity contribution in [1.29, 1.82) is 0 Å². The fourth-order valence-electron chi connectivity index (χ4n) is 11.7. The summed E-state index contributed by atoms with van der Waals surface area (Å²) in [6.07, 6.45) is 2.33. The lowest BCUT2D eigenvalue weighted by Crippen LogP contribution is -2.62. The van der Waals surface area contributed by atoms with Crippen LogP contribution in [0.2, 0.25) is 0 Å². The van der Waals surface area contributed by atoms with Gasteiger partial charge < -0.3 is 9.80 Å². The van der Waals surface area contributed by atoms with Gasteiger partial charge in [0.05, 0.1) is 5.69 Å². The lowest BCUT2D eigenvalue weighted by Gasteiger charge is -2.48. The monoisotopic (exact) mass is 872 g/mol. The molecule has 0 radical (unpaired) electrons. The number of hydrogen-bond acceptors (Lipinski definition) is 3. The van der Waals surface area contributed by atoms with Crippen molar-refractivity contribution in [2.24, 2.45) is 0 Å². The van der Waals surface area contributed by atoms with Crippen molar-refractivity contribution in [2.45, 2.75) is 91.4 Å². The fourth-order valence-corrected chi connectivity index (χ4v) is 12.9. The van der Waals surface area contributed by atoms with Crippen molar-refractivity contribution in [3.63, 3.8) is 0 Å². The molecule has 8 aromatic carbocycles. The molecule has 0 amide bonds. The van der Waals surface area contributed by atoms with Gasteiger partial charge in [-0.2, -0.15) is 0 Å². The molecule has 0 N–H and O–H groups in total. The average molecular weight is 873 g/mol. The SMILES string of the molecule is Cc1ccccc1-c1cc2c3c(c1)N(c1ccccc1-c1ccccc1)c1cc4c(cc1B3c1cc3c(cc1N2c1ccc(C(C)(C)C)cc1C)C(C)(C)CCC3(C)C)sc1ccccc14. The fraction of sp³-hybridized carbons (Fsp3) is 0.226. The van der Waals surface area contributed by atoms with Crippen LogP contribution in [0.5, 0.6) is 0 Å². The summed E-state index contributed by atoms with van der Waals surface area (Å²) in [5.41, 5.74) is 23.5. The summed E-state index contributed by atoms with van der Waals surface area (Å²) in [4.78, 5) is 5.32. The molecule has 0 fully saturated rings. The highest BCUT2D eigenvalue weighted by molar-refractivity contribution is 7.26. The van der Waals surface area contributed by atoms with Gasteiger partial charge in [0.15, 0.2) is 0 Å². The number of nitrogens with zero attached hydrogens (tertiary/aromatic N) is 2. The van der Waals surface area contributed by atoms with Gasteiger partial charge >= 0.3 is 0 Å². The van der Waals surface area contributed by atoms with Gasteiger partial charge in [0.25, 0.3) is 6.71 Å². The Morgan fingerprint density at radius 2 is 1.08 bits per heavy atom. The van der Waals surface area contributed by atoms with Gasteiger partial charge in [-0.3, -0.25) is 0 Å². The zero-order valence-electron chi connectivity index (χ0n) is 39.8. The molecule has 324 valence electrons. The van der Waals surface area contributed by atoms with Crippen LogP contribution in [0.4, 0.5) is 34.1 Å². The van der Waals surface area contributed by atoms with Crippen LogP contribution in [0.15, 0.2) is 158 Å². The van der Waals surface area contributed by atoms with Crippen molar-refractivity contribution < 1.29 is 0 Å². The number of rotatable bonds is 4. The van der Waals surface area contributed by atoms with E-state index in [4.69, 9.17) is 0 Å². The second kappa shape index (κ2) is 14.6. The Bertz CT molecular complexity index is 3460. The molecular formula is C62H57BN2S. The lowest BCUT2D eigenvalue weighted by atomic mass is 9.33. The number of fused-ring (bicyclic) bond motifs is 8. The van der Waals surface area contributed by atoms with Gasteiger partial charge in [-0.05, 0) is 152 Å². The molecule has 0 unspecified atom stereocenters. The van der Waals surface area contributed by atoms with Crippen LogP contribution in [-0.2, 0) is 16.2 Å². The van der Waals surface area contributed by atoms with Crippen LogP contribution in [-0.4, -0.2) is 6.71 Å². The Labute approximate surface area is 395 Å². The zero-order valence-corrected chi connectivity index (χ0v) is 40.6. The summed E-state index contributed by atoms with van der Waals surface area (Å²) in [6.45, 7) is 21.5. The molecule has 0 spiro atoms. The molecule has 66 heavy (non-hydrogen) atoms. The predicted molar refractivity (Wildman–Crippen MR) is 288 cm³/mol. The number of benzene rings is 8. The second-order valence-corrected chi connectivity index (χ2v) is 22.8. The first-order chi connectivity index (χ1) is 31.7. The number of aryl methyl sites for hydroxylation is 2. The zero-order chi connectivity index (χ0) is 45.4. The molecule has 2 aliphatic heterocycles. The highest BCUT2D eigenvalue weighted by Crippen LogP contribution is 2.53. The average Bonchev–Trinajstić information content (AvgIpc) is 3.67. The van der Waals surface area contributed by atoms with Crippen molar-refractivity contribution in [3.8, 4) is 22.3 Å². The Morgan fingerprint density at radius 3 is 1.79 bits per heavy atom. The largest absolute Gasteiger partial charge is 0.311 e. The smallest absolute Gasteiger partial charge is 0.252 e. The molecule has 9 aromatic rings. The molecule has 12 rings (SSSR count). The van der Waals surface area contributed by atoms with Crippen molar-refractivity contribution >= 4 is 88.7 Å². The first-order valence-corrected chi connectivity index (χ1v) is 24.7. The van der Waals surface area contributed by atoms with E-state index in [-0.39, 0.29) is 23.0 Å². The van der Waals surface area contributed by atoms with E-state index in [1.165, 1.54) is 121 Å². The van der Waals surface area contributed by atoms with E-state index >= 15 is 0 Å². The molecule has 0 bridgehead atoms. The minimum Gasteiger partial charge on any atom is -0.311 e. The Balaban J connectivity index is 1.27. The van der Waals surface area contributed by atoms with Crippen molar-refractivity contribution in [2.75, 3.05) is 9.80 Å². The molecule has 1 aromatic heterocycles. The summed E-state index contributed by atoms with van der Waals surface area (Å²) in [7, 11) is 0. The summed E-state index contributed by atoms with van der Waals surface area (Å²) in [5.74, 6) is 0.